The zero-order valence-corrected chi connectivity index (χ0v) is 14.2. The highest BCUT2D eigenvalue weighted by molar-refractivity contribution is 9.10. The second-order valence-corrected chi connectivity index (χ2v) is 6.04. The van der Waals surface area contributed by atoms with Crippen LogP contribution in [0.4, 0.5) is 10.1 Å². The van der Waals surface area contributed by atoms with Gasteiger partial charge in [-0.2, -0.15) is 0 Å². The monoisotopic (exact) mass is 398 g/mol. The third-order valence-electron chi connectivity index (χ3n) is 2.95. The normalized spacial score (nSPS) is 10.2. The molecule has 0 saturated heterocycles. The molecule has 2 aromatic carbocycles. The summed E-state index contributed by atoms with van der Waals surface area (Å²) in [5.41, 5.74) is 0.510. The Labute approximate surface area is 146 Å². The first-order valence-corrected chi connectivity index (χ1v) is 7.91. The second kappa shape index (κ2) is 8.08. The molecule has 2 N–H and O–H groups in total. The molecule has 0 aliphatic heterocycles. The molecule has 0 radical (unpaired) electrons. The number of halogens is 3. The molecule has 0 aliphatic rings. The number of hydrogen-bond acceptors (Lipinski definition) is 2. The first-order chi connectivity index (χ1) is 11.0. The quantitative estimate of drug-likeness (QED) is 0.798. The summed E-state index contributed by atoms with van der Waals surface area (Å²) >= 11 is 9.03. The van der Waals surface area contributed by atoms with E-state index in [-0.39, 0.29) is 24.6 Å². The molecule has 120 valence electrons. The average molecular weight is 400 g/mol. The third-order valence-corrected chi connectivity index (χ3v) is 3.71. The van der Waals surface area contributed by atoms with E-state index in [1.807, 2.05) is 0 Å². The van der Waals surface area contributed by atoms with Crippen LogP contribution in [0.3, 0.4) is 0 Å². The van der Waals surface area contributed by atoms with Crippen LogP contribution in [-0.2, 0) is 4.79 Å². The number of benzene rings is 2. The topological polar surface area (TPSA) is 58.2 Å². The Morgan fingerprint density at radius 3 is 2.52 bits per heavy atom. The van der Waals surface area contributed by atoms with Crippen molar-refractivity contribution in [1.29, 1.82) is 0 Å². The van der Waals surface area contributed by atoms with Crippen LogP contribution in [0.25, 0.3) is 0 Å². The molecular formula is C16H13BrClFN2O2. The second-order valence-electron chi connectivity index (χ2n) is 4.69. The molecule has 0 aromatic heterocycles. The third kappa shape index (κ3) is 5.33. The van der Waals surface area contributed by atoms with Crippen molar-refractivity contribution in [3.05, 3.63) is 63.3 Å². The maximum atomic E-state index is 13.5. The van der Waals surface area contributed by atoms with Gasteiger partial charge in [-0.15, -0.1) is 0 Å². The van der Waals surface area contributed by atoms with Gasteiger partial charge in [0, 0.05) is 28.0 Å². The Morgan fingerprint density at radius 2 is 1.83 bits per heavy atom. The zero-order chi connectivity index (χ0) is 16.8. The van der Waals surface area contributed by atoms with Gasteiger partial charge in [0.1, 0.15) is 5.82 Å². The highest BCUT2D eigenvalue weighted by Gasteiger charge is 2.09. The van der Waals surface area contributed by atoms with Crippen LogP contribution >= 0.6 is 27.5 Å². The van der Waals surface area contributed by atoms with Crippen LogP contribution in [-0.4, -0.2) is 18.4 Å². The maximum Gasteiger partial charge on any atom is 0.251 e. The summed E-state index contributed by atoms with van der Waals surface area (Å²) in [6, 6.07) is 10.7. The van der Waals surface area contributed by atoms with E-state index in [2.05, 4.69) is 26.6 Å². The Morgan fingerprint density at radius 1 is 1.13 bits per heavy atom. The lowest BCUT2D eigenvalue weighted by Gasteiger charge is -2.08. The number of amides is 2. The lowest BCUT2D eigenvalue weighted by Crippen LogP contribution is -2.27. The highest BCUT2D eigenvalue weighted by atomic mass is 79.9. The number of rotatable bonds is 5. The molecule has 0 spiro atoms. The number of anilines is 1. The van der Waals surface area contributed by atoms with Crippen molar-refractivity contribution in [3.8, 4) is 0 Å². The standard InChI is InChI=1S/C16H13BrClFN2O2/c17-11-3-1-10(2-4-11)16(23)20-8-7-15(22)21-14-9-12(18)5-6-13(14)19/h1-6,9H,7-8H2,(H,20,23)(H,21,22). The van der Waals surface area contributed by atoms with Crippen LogP contribution < -0.4 is 10.6 Å². The van der Waals surface area contributed by atoms with Gasteiger partial charge in [-0.1, -0.05) is 27.5 Å². The molecule has 0 heterocycles. The van der Waals surface area contributed by atoms with Gasteiger partial charge in [-0.3, -0.25) is 9.59 Å². The number of carbonyl (C=O) groups is 2. The lowest BCUT2D eigenvalue weighted by atomic mass is 10.2. The van der Waals surface area contributed by atoms with Crippen molar-refractivity contribution in [3.63, 3.8) is 0 Å². The first-order valence-electron chi connectivity index (χ1n) is 6.74. The molecule has 0 unspecified atom stereocenters. The molecule has 0 saturated carbocycles. The van der Waals surface area contributed by atoms with Crippen LogP contribution in [0, 0.1) is 5.82 Å². The van der Waals surface area contributed by atoms with E-state index in [0.29, 0.717) is 10.6 Å². The van der Waals surface area contributed by atoms with Crippen LogP contribution in [0.15, 0.2) is 46.9 Å². The molecule has 2 aromatic rings. The van der Waals surface area contributed by atoms with Gasteiger partial charge in [-0.05, 0) is 42.5 Å². The summed E-state index contributed by atoms with van der Waals surface area (Å²) in [5.74, 6) is -1.26. The smallest absolute Gasteiger partial charge is 0.251 e. The van der Waals surface area contributed by atoms with Gasteiger partial charge < -0.3 is 10.6 Å². The summed E-state index contributed by atoms with van der Waals surface area (Å²) < 4.78 is 14.4. The number of hydrogen-bond donors (Lipinski definition) is 2. The minimum absolute atomic E-state index is 0.0155. The van der Waals surface area contributed by atoms with Crippen molar-refractivity contribution in [1.82, 2.24) is 5.32 Å². The number of carbonyl (C=O) groups excluding carboxylic acids is 2. The van der Waals surface area contributed by atoms with Crippen molar-refractivity contribution < 1.29 is 14.0 Å². The molecule has 0 aliphatic carbocycles. The molecule has 2 amide bonds. The SMILES string of the molecule is O=C(CCNC(=O)c1ccc(Br)cc1)Nc1cc(Cl)ccc1F. The van der Waals surface area contributed by atoms with E-state index in [9.17, 15) is 14.0 Å². The van der Waals surface area contributed by atoms with E-state index < -0.39 is 11.7 Å². The zero-order valence-electron chi connectivity index (χ0n) is 11.9. The minimum Gasteiger partial charge on any atom is -0.352 e. The highest BCUT2D eigenvalue weighted by Crippen LogP contribution is 2.19. The fraction of sp³-hybridized carbons (Fsp3) is 0.125. The summed E-state index contributed by atoms with van der Waals surface area (Å²) in [6.45, 7) is 0.142. The summed E-state index contributed by atoms with van der Waals surface area (Å²) in [5, 5.41) is 5.37. The molecule has 0 fully saturated rings. The Kier molecular flexibility index (Phi) is 6.12. The maximum absolute atomic E-state index is 13.5. The van der Waals surface area contributed by atoms with E-state index in [4.69, 9.17) is 11.6 Å². The molecule has 0 atom stereocenters. The first kappa shape index (κ1) is 17.4. The molecular weight excluding hydrogens is 387 g/mol. The van der Waals surface area contributed by atoms with Crippen molar-refractivity contribution in [2.24, 2.45) is 0 Å². The van der Waals surface area contributed by atoms with E-state index >= 15 is 0 Å². The van der Waals surface area contributed by atoms with Crippen molar-refractivity contribution in [2.45, 2.75) is 6.42 Å². The van der Waals surface area contributed by atoms with Crippen LogP contribution in [0.5, 0.6) is 0 Å². The van der Waals surface area contributed by atoms with E-state index in [1.54, 1.807) is 24.3 Å². The van der Waals surface area contributed by atoms with E-state index in [1.165, 1.54) is 18.2 Å². The lowest BCUT2D eigenvalue weighted by molar-refractivity contribution is -0.116. The van der Waals surface area contributed by atoms with Crippen LogP contribution in [0.2, 0.25) is 5.02 Å². The minimum atomic E-state index is -0.568. The van der Waals surface area contributed by atoms with E-state index in [0.717, 1.165) is 4.47 Å². The Hall–Kier alpha value is -1.92. The van der Waals surface area contributed by atoms with Crippen molar-refractivity contribution in [2.75, 3.05) is 11.9 Å². The predicted octanol–water partition coefficient (Wildman–Crippen LogP) is 4.00. The van der Waals surface area contributed by atoms with Crippen LogP contribution in [0.1, 0.15) is 16.8 Å². The van der Waals surface area contributed by atoms with Gasteiger partial charge >= 0.3 is 0 Å². The average Bonchev–Trinajstić information content (AvgIpc) is 2.51. The fourth-order valence-electron chi connectivity index (χ4n) is 1.80. The largest absolute Gasteiger partial charge is 0.352 e. The van der Waals surface area contributed by atoms with Gasteiger partial charge in [0.05, 0.1) is 5.69 Å². The van der Waals surface area contributed by atoms with Gasteiger partial charge in [0.2, 0.25) is 5.91 Å². The fourth-order valence-corrected chi connectivity index (χ4v) is 2.24. The molecule has 7 heteroatoms. The van der Waals surface area contributed by atoms with Gasteiger partial charge in [-0.25, -0.2) is 4.39 Å². The molecule has 0 bridgehead atoms. The molecule has 23 heavy (non-hydrogen) atoms. The Bertz CT molecular complexity index is 723. The van der Waals surface area contributed by atoms with Gasteiger partial charge in [0.15, 0.2) is 0 Å². The van der Waals surface area contributed by atoms with Crippen molar-refractivity contribution >= 4 is 45.0 Å². The van der Waals surface area contributed by atoms with Gasteiger partial charge in [0.25, 0.3) is 5.91 Å². The number of nitrogens with one attached hydrogen (secondary N) is 2. The predicted molar refractivity (Wildman–Crippen MR) is 91.1 cm³/mol. The summed E-state index contributed by atoms with van der Waals surface area (Å²) in [7, 11) is 0. The molecule has 4 nitrogen and oxygen atoms in total. The summed E-state index contributed by atoms with van der Waals surface area (Å²) in [6.07, 6.45) is 0.0220. The molecule has 2 rings (SSSR count). The Balaban J connectivity index is 1.81. The summed E-state index contributed by atoms with van der Waals surface area (Å²) in [4.78, 5) is 23.6.